The van der Waals surface area contributed by atoms with Crippen LogP contribution in [0.5, 0.6) is 17.2 Å². The van der Waals surface area contributed by atoms with Crippen molar-refractivity contribution in [3.05, 3.63) is 78.9 Å². The van der Waals surface area contributed by atoms with Crippen LogP contribution < -0.4 is 14.2 Å². The predicted octanol–water partition coefficient (Wildman–Crippen LogP) is 4.20. The van der Waals surface area contributed by atoms with E-state index in [0.717, 1.165) is 22.7 Å². The SMILES string of the molecule is O[C@H](COc1ccccc1)CSc1nnc(-c2ccc3c(c2)OCO3)n1-c1ccccc1. The zero-order valence-corrected chi connectivity index (χ0v) is 17.9. The van der Waals surface area contributed by atoms with Gasteiger partial charge in [-0.25, -0.2) is 0 Å². The van der Waals surface area contributed by atoms with Crippen LogP contribution in [0.15, 0.2) is 84.0 Å². The number of ether oxygens (including phenoxy) is 3. The Bertz CT molecular complexity index is 1180. The average Bonchev–Trinajstić information content (AvgIpc) is 3.49. The van der Waals surface area contributed by atoms with Gasteiger partial charge in [-0.2, -0.15) is 0 Å². The maximum absolute atomic E-state index is 10.4. The number of nitrogens with zero attached hydrogens (tertiary/aromatic N) is 3. The molecule has 2 heterocycles. The first-order valence-electron chi connectivity index (χ1n) is 10.2. The summed E-state index contributed by atoms with van der Waals surface area (Å²) >= 11 is 1.43. The van der Waals surface area contributed by atoms with Gasteiger partial charge in [0.15, 0.2) is 22.5 Å². The van der Waals surface area contributed by atoms with Crippen LogP contribution in [0.1, 0.15) is 0 Å². The van der Waals surface area contributed by atoms with Crippen molar-refractivity contribution in [2.45, 2.75) is 11.3 Å². The van der Waals surface area contributed by atoms with Crippen molar-refractivity contribution >= 4 is 11.8 Å². The summed E-state index contributed by atoms with van der Waals surface area (Å²) in [6, 6.07) is 25.1. The van der Waals surface area contributed by atoms with Crippen LogP contribution >= 0.6 is 11.8 Å². The van der Waals surface area contributed by atoms with E-state index in [-0.39, 0.29) is 13.4 Å². The molecule has 32 heavy (non-hydrogen) atoms. The summed E-state index contributed by atoms with van der Waals surface area (Å²) in [5.41, 5.74) is 1.80. The molecule has 0 radical (unpaired) electrons. The van der Waals surface area contributed by atoms with Crippen LogP contribution in [-0.4, -0.2) is 45.1 Å². The van der Waals surface area contributed by atoms with E-state index in [9.17, 15) is 5.11 Å². The topological polar surface area (TPSA) is 78.6 Å². The molecule has 0 fully saturated rings. The number of hydrogen-bond donors (Lipinski definition) is 1. The summed E-state index contributed by atoms with van der Waals surface area (Å²) in [4.78, 5) is 0. The second kappa shape index (κ2) is 9.33. The molecule has 0 amide bonds. The number of thioether (sulfide) groups is 1. The van der Waals surface area contributed by atoms with Gasteiger partial charge in [0.2, 0.25) is 6.79 Å². The molecule has 1 aromatic heterocycles. The van der Waals surface area contributed by atoms with Crippen molar-refractivity contribution in [3.63, 3.8) is 0 Å². The number of aliphatic hydroxyl groups is 1. The van der Waals surface area contributed by atoms with Crippen LogP contribution in [0.25, 0.3) is 17.1 Å². The summed E-state index contributed by atoms with van der Waals surface area (Å²) in [5, 5.41) is 20.0. The van der Waals surface area contributed by atoms with Crippen molar-refractivity contribution in [1.82, 2.24) is 14.8 Å². The normalized spacial score (nSPS) is 13.2. The molecule has 0 bridgehead atoms. The second-order valence-electron chi connectivity index (χ2n) is 7.13. The van der Waals surface area contributed by atoms with Gasteiger partial charge in [-0.15, -0.1) is 10.2 Å². The first kappa shape index (κ1) is 20.4. The molecule has 0 spiro atoms. The minimum absolute atomic E-state index is 0.200. The largest absolute Gasteiger partial charge is 0.491 e. The standard InChI is InChI=1S/C24H21N3O4S/c28-19(14-29-20-9-5-2-6-10-20)15-32-24-26-25-23(27(24)18-7-3-1-4-8-18)17-11-12-21-22(13-17)31-16-30-21/h1-13,19,28H,14-16H2/t19-/m1/s1. The van der Waals surface area contributed by atoms with E-state index in [1.807, 2.05) is 83.4 Å². The zero-order chi connectivity index (χ0) is 21.8. The zero-order valence-electron chi connectivity index (χ0n) is 17.1. The van der Waals surface area contributed by atoms with E-state index in [2.05, 4.69) is 10.2 Å². The highest BCUT2D eigenvalue weighted by molar-refractivity contribution is 7.99. The van der Waals surface area contributed by atoms with Gasteiger partial charge in [0, 0.05) is 17.0 Å². The summed E-state index contributed by atoms with van der Waals surface area (Å²) in [5.74, 6) is 3.24. The van der Waals surface area contributed by atoms with Crippen molar-refractivity contribution in [3.8, 4) is 34.3 Å². The lowest BCUT2D eigenvalue weighted by Crippen LogP contribution is -2.20. The van der Waals surface area contributed by atoms with Gasteiger partial charge in [-0.3, -0.25) is 4.57 Å². The van der Waals surface area contributed by atoms with Gasteiger partial charge in [0.05, 0.1) is 6.10 Å². The Morgan fingerprint density at radius 3 is 2.50 bits per heavy atom. The molecule has 1 N–H and O–H groups in total. The maximum atomic E-state index is 10.4. The molecule has 0 saturated carbocycles. The quantitative estimate of drug-likeness (QED) is 0.406. The second-order valence-corrected chi connectivity index (χ2v) is 8.12. The first-order valence-corrected chi connectivity index (χ1v) is 11.2. The molecule has 8 heteroatoms. The third-order valence-corrected chi connectivity index (χ3v) is 5.94. The Balaban J connectivity index is 1.37. The molecule has 5 rings (SSSR count). The molecule has 1 atom stereocenters. The fourth-order valence-corrected chi connectivity index (χ4v) is 4.18. The van der Waals surface area contributed by atoms with Crippen LogP contribution in [0, 0.1) is 0 Å². The average molecular weight is 448 g/mol. The van der Waals surface area contributed by atoms with Crippen molar-refractivity contribution in [2.24, 2.45) is 0 Å². The lowest BCUT2D eigenvalue weighted by molar-refractivity contribution is 0.126. The number of benzene rings is 3. The molecule has 3 aromatic carbocycles. The predicted molar refractivity (Wildman–Crippen MR) is 122 cm³/mol. The highest BCUT2D eigenvalue weighted by Gasteiger charge is 2.20. The van der Waals surface area contributed by atoms with Gasteiger partial charge in [0.25, 0.3) is 0 Å². The van der Waals surface area contributed by atoms with Crippen molar-refractivity contribution in [1.29, 1.82) is 0 Å². The Morgan fingerprint density at radius 2 is 1.69 bits per heavy atom. The summed E-state index contributed by atoms with van der Waals surface area (Å²) < 4.78 is 18.6. The summed E-state index contributed by atoms with van der Waals surface area (Å²) in [6.45, 7) is 0.416. The van der Waals surface area contributed by atoms with Gasteiger partial charge in [0.1, 0.15) is 12.4 Å². The van der Waals surface area contributed by atoms with Gasteiger partial charge < -0.3 is 19.3 Å². The fraction of sp³-hybridized carbons (Fsp3) is 0.167. The molecule has 1 aliphatic heterocycles. The number of aliphatic hydroxyl groups excluding tert-OH is 1. The van der Waals surface area contributed by atoms with Crippen LogP contribution in [0.4, 0.5) is 0 Å². The molecule has 4 aromatic rings. The Morgan fingerprint density at radius 1 is 0.938 bits per heavy atom. The van der Waals surface area contributed by atoms with Gasteiger partial charge in [-0.05, 0) is 42.5 Å². The number of fused-ring (bicyclic) bond motifs is 1. The molecule has 0 saturated heterocycles. The Kier molecular flexibility index (Phi) is 5.96. The third kappa shape index (κ3) is 4.42. The van der Waals surface area contributed by atoms with Crippen molar-refractivity contribution in [2.75, 3.05) is 19.2 Å². The third-order valence-electron chi connectivity index (χ3n) is 4.87. The van der Waals surface area contributed by atoms with E-state index in [0.29, 0.717) is 22.5 Å². The number of para-hydroxylation sites is 2. The van der Waals surface area contributed by atoms with E-state index in [4.69, 9.17) is 14.2 Å². The molecule has 0 unspecified atom stereocenters. The van der Waals surface area contributed by atoms with Gasteiger partial charge in [-0.1, -0.05) is 48.2 Å². The van der Waals surface area contributed by atoms with Crippen LogP contribution in [0.2, 0.25) is 0 Å². The van der Waals surface area contributed by atoms with Crippen LogP contribution in [0.3, 0.4) is 0 Å². The van der Waals surface area contributed by atoms with E-state index in [1.165, 1.54) is 11.8 Å². The van der Waals surface area contributed by atoms with E-state index >= 15 is 0 Å². The molecule has 162 valence electrons. The lowest BCUT2D eigenvalue weighted by atomic mass is 10.2. The number of hydrogen-bond acceptors (Lipinski definition) is 7. The van der Waals surface area contributed by atoms with Gasteiger partial charge >= 0.3 is 0 Å². The minimum atomic E-state index is -0.657. The highest BCUT2D eigenvalue weighted by Crippen LogP contribution is 2.37. The summed E-state index contributed by atoms with van der Waals surface area (Å²) in [6.07, 6.45) is -0.657. The molecular formula is C24H21N3O4S. The number of rotatable bonds is 8. The Labute approximate surface area is 189 Å². The Hall–Kier alpha value is -3.49. The molecule has 1 aliphatic rings. The number of aromatic nitrogens is 3. The molecular weight excluding hydrogens is 426 g/mol. The van der Waals surface area contributed by atoms with Crippen molar-refractivity contribution < 1.29 is 19.3 Å². The first-order chi connectivity index (χ1) is 15.8. The lowest BCUT2D eigenvalue weighted by Gasteiger charge is -2.13. The highest BCUT2D eigenvalue weighted by atomic mass is 32.2. The molecule has 7 nitrogen and oxygen atoms in total. The summed E-state index contributed by atoms with van der Waals surface area (Å²) in [7, 11) is 0. The molecule has 0 aliphatic carbocycles. The fourth-order valence-electron chi connectivity index (χ4n) is 3.32. The monoisotopic (exact) mass is 447 g/mol. The van der Waals surface area contributed by atoms with E-state index in [1.54, 1.807) is 0 Å². The maximum Gasteiger partial charge on any atom is 0.231 e. The smallest absolute Gasteiger partial charge is 0.231 e. The minimum Gasteiger partial charge on any atom is -0.491 e. The van der Waals surface area contributed by atoms with E-state index < -0.39 is 6.10 Å². The van der Waals surface area contributed by atoms with Crippen LogP contribution in [-0.2, 0) is 0 Å².